The lowest BCUT2D eigenvalue weighted by molar-refractivity contribution is -0.0409. The largest absolute Gasteiger partial charge is 0.305 e. The van der Waals surface area contributed by atoms with E-state index in [0.717, 1.165) is 11.8 Å². The summed E-state index contributed by atoms with van der Waals surface area (Å²) in [5, 5.41) is 0. The van der Waals surface area contributed by atoms with Crippen LogP contribution in [-0.2, 0) is 0 Å². The molecule has 0 aromatic heterocycles. The van der Waals surface area contributed by atoms with Crippen LogP contribution >= 0.6 is 0 Å². The van der Waals surface area contributed by atoms with Gasteiger partial charge in [0.2, 0.25) is 0 Å². The zero-order valence-electron chi connectivity index (χ0n) is 13.1. The van der Waals surface area contributed by atoms with E-state index in [2.05, 4.69) is 35.6 Å². The average Bonchev–Trinajstić information content (AvgIpc) is 2.26. The maximum Gasteiger partial charge on any atom is 0.00484 e. The molecule has 3 fully saturated rings. The van der Waals surface area contributed by atoms with Crippen molar-refractivity contribution in [2.75, 3.05) is 59.4 Å². The third-order valence-electron chi connectivity index (χ3n) is 5.30. The molecule has 0 saturated carbocycles. The van der Waals surface area contributed by atoms with Gasteiger partial charge < -0.3 is 14.7 Å². The van der Waals surface area contributed by atoms with Crippen molar-refractivity contribution in [2.45, 2.75) is 26.7 Å². The third-order valence-corrected chi connectivity index (χ3v) is 5.30. The van der Waals surface area contributed by atoms with Crippen molar-refractivity contribution >= 4 is 0 Å². The second-order valence-electron chi connectivity index (χ2n) is 7.95. The minimum atomic E-state index is 0.717. The molecule has 3 saturated heterocycles. The van der Waals surface area contributed by atoms with Gasteiger partial charge in [0.15, 0.2) is 0 Å². The van der Waals surface area contributed by atoms with Crippen molar-refractivity contribution in [3.05, 3.63) is 0 Å². The molecule has 0 N–H and O–H groups in total. The van der Waals surface area contributed by atoms with Gasteiger partial charge in [-0.2, -0.15) is 0 Å². The molecule has 3 heterocycles. The molecular weight excluding hydrogens is 234 g/mol. The van der Waals surface area contributed by atoms with Gasteiger partial charge in [0.25, 0.3) is 0 Å². The van der Waals surface area contributed by atoms with E-state index in [1.807, 2.05) is 0 Å². The lowest BCUT2D eigenvalue weighted by atomic mass is 9.72. The van der Waals surface area contributed by atoms with Gasteiger partial charge in [-0.25, -0.2) is 0 Å². The van der Waals surface area contributed by atoms with Crippen LogP contribution in [0.5, 0.6) is 0 Å². The monoisotopic (exact) mass is 265 g/mol. The lowest BCUT2D eigenvalue weighted by Crippen LogP contribution is -2.60. The Morgan fingerprint density at radius 3 is 2.21 bits per heavy atom. The molecule has 0 aromatic rings. The topological polar surface area (TPSA) is 9.72 Å². The molecule has 0 bridgehead atoms. The Balaban J connectivity index is 1.33. The Labute approximate surface area is 118 Å². The van der Waals surface area contributed by atoms with Crippen LogP contribution in [0.1, 0.15) is 26.7 Å². The summed E-state index contributed by atoms with van der Waals surface area (Å²) < 4.78 is 0. The van der Waals surface area contributed by atoms with Crippen molar-refractivity contribution < 1.29 is 0 Å². The Bertz CT molecular complexity index is 293. The molecule has 110 valence electrons. The molecule has 3 rings (SSSR count). The molecule has 3 aliphatic heterocycles. The molecule has 0 unspecified atom stereocenters. The van der Waals surface area contributed by atoms with Crippen LogP contribution in [0.15, 0.2) is 0 Å². The first kappa shape index (κ1) is 13.8. The van der Waals surface area contributed by atoms with Crippen molar-refractivity contribution in [1.29, 1.82) is 0 Å². The van der Waals surface area contributed by atoms with Gasteiger partial charge in [0.05, 0.1) is 0 Å². The van der Waals surface area contributed by atoms with Crippen molar-refractivity contribution in [3.63, 3.8) is 0 Å². The first-order valence-electron chi connectivity index (χ1n) is 8.18. The highest BCUT2D eigenvalue weighted by atomic mass is 15.2. The molecule has 0 aromatic carbocycles. The number of hydrogen-bond acceptors (Lipinski definition) is 3. The molecular formula is C16H31N3. The van der Waals surface area contributed by atoms with Crippen molar-refractivity contribution in [2.24, 2.45) is 17.3 Å². The molecule has 0 atom stereocenters. The second kappa shape index (κ2) is 5.34. The van der Waals surface area contributed by atoms with Gasteiger partial charge >= 0.3 is 0 Å². The molecule has 19 heavy (non-hydrogen) atoms. The Hall–Kier alpha value is -0.120. The second-order valence-corrected chi connectivity index (χ2v) is 7.95. The first-order chi connectivity index (χ1) is 9.05. The summed E-state index contributed by atoms with van der Waals surface area (Å²) in [6, 6.07) is 0. The van der Waals surface area contributed by atoms with E-state index in [1.54, 1.807) is 0 Å². The van der Waals surface area contributed by atoms with Crippen LogP contribution in [0.3, 0.4) is 0 Å². The van der Waals surface area contributed by atoms with Crippen molar-refractivity contribution in [3.8, 4) is 0 Å². The fraction of sp³-hybridized carbons (Fsp3) is 1.00. The smallest absolute Gasteiger partial charge is 0.00484 e. The lowest BCUT2D eigenvalue weighted by Gasteiger charge is -2.53. The van der Waals surface area contributed by atoms with Crippen molar-refractivity contribution in [1.82, 2.24) is 14.7 Å². The van der Waals surface area contributed by atoms with E-state index in [0.29, 0.717) is 5.41 Å². The van der Waals surface area contributed by atoms with Crippen LogP contribution in [-0.4, -0.2) is 74.1 Å². The quantitative estimate of drug-likeness (QED) is 0.764. The predicted octanol–water partition coefficient (Wildman–Crippen LogP) is 1.60. The summed E-state index contributed by atoms with van der Waals surface area (Å²) in [5.41, 5.74) is 0.717. The fourth-order valence-electron chi connectivity index (χ4n) is 4.45. The number of likely N-dealkylation sites (tertiary alicyclic amines) is 3. The van der Waals surface area contributed by atoms with Crippen LogP contribution in [0.25, 0.3) is 0 Å². The maximum atomic E-state index is 2.74. The molecule has 3 heteroatoms. The fourth-order valence-corrected chi connectivity index (χ4v) is 4.45. The SMILES string of the molecule is CC(C)CN1CC(CN2CCC3(CC2)CN(C)C3)C1. The normalized spacial score (nSPS) is 29.7. The summed E-state index contributed by atoms with van der Waals surface area (Å²) in [4.78, 5) is 7.84. The number of nitrogens with zero attached hydrogens (tertiary/aromatic N) is 3. The zero-order valence-corrected chi connectivity index (χ0v) is 13.1. The Kier molecular flexibility index (Phi) is 3.89. The standard InChI is InChI=1S/C16H31N3/c1-14(2)8-19-10-15(11-19)9-18-6-4-16(5-7-18)12-17(3)13-16/h14-15H,4-13H2,1-3H3. The number of rotatable bonds is 4. The number of hydrogen-bond donors (Lipinski definition) is 0. The maximum absolute atomic E-state index is 2.74. The minimum Gasteiger partial charge on any atom is -0.305 e. The summed E-state index contributed by atoms with van der Waals surface area (Å²) >= 11 is 0. The predicted molar refractivity (Wildman–Crippen MR) is 80.4 cm³/mol. The summed E-state index contributed by atoms with van der Waals surface area (Å²) in [6.45, 7) is 15.4. The zero-order chi connectivity index (χ0) is 13.5. The average molecular weight is 265 g/mol. The van der Waals surface area contributed by atoms with E-state index >= 15 is 0 Å². The van der Waals surface area contributed by atoms with Gasteiger partial charge in [-0.1, -0.05) is 13.8 Å². The van der Waals surface area contributed by atoms with Crippen LogP contribution in [0.2, 0.25) is 0 Å². The molecule has 3 nitrogen and oxygen atoms in total. The van der Waals surface area contributed by atoms with E-state index in [1.165, 1.54) is 65.2 Å². The van der Waals surface area contributed by atoms with Crippen LogP contribution in [0, 0.1) is 17.3 Å². The minimum absolute atomic E-state index is 0.717. The van der Waals surface area contributed by atoms with E-state index in [-0.39, 0.29) is 0 Å². The van der Waals surface area contributed by atoms with E-state index in [4.69, 9.17) is 0 Å². The molecule has 0 amide bonds. The van der Waals surface area contributed by atoms with Gasteiger partial charge in [0.1, 0.15) is 0 Å². The highest BCUT2D eigenvalue weighted by molar-refractivity contribution is 4.97. The Morgan fingerprint density at radius 1 is 1.05 bits per heavy atom. The molecule has 3 aliphatic rings. The van der Waals surface area contributed by atoms with Gasteiger partial charge in [-0.15, -0.1) is 0 Å². The van der Waals surface area contributed by atoms with Gasteiger partial charge in [-0.05, 0) is 50.2 Å². The summed E-state index contributed by atoms with van der Waals surface area (Å²) in [6.07, 6.45) is 2.89. The molecule has 0 radical (unpaired) electrons. The van der Waals surface area contributed by atoms with E-state index < -0.39 is 0 Å². The first-order valence-corrected chi connectivity index (χ1v) is 8.18. The van der Waals surface area contributed by atoms with Gasteiger partial charge in [-0.3, -0.25) is 0 Å². The highest BCUT2D eigenvalue weighted by Gasteiger charge is 2.43. The van der Waals surface area contributed by atoms with Gasteiger partial charge in [0, 0.05) is 39.3 Å². The molecule has 1 spiro atoms. The van der Waals surface area contributed by atoms with Crippen LogP contribution < -0.4 is 0 Å². The third kappa shape index (κ3) is 3.14. The molecule has 0 aliphatic carbocycles. The van der Waals surface area contributed by atoms with E-state index in [9.17, 15) is 0 Å². The summed E-state index contributed by atoms with van der Waals surface area (Å²) in [7, 11) is 2.26. The Morgan fingerprint density at radius 2 is 1.68 bits per heavy atom. The van der Waals surface area contributed by atoms with Crippen LogP contribution in [0.4, 0.5) is 0 Å². The number of piperidine rings is 1. The highest BCUT2D eigenvalue weighted by Crippen LogP contribution is 2.39. The summed E-state index contributed by atoms with van der Waals surface area (Å²) in [5.74, 6) is 1.78.